The summed E-state index contributed by atoms with van der Waals surface area (Å²) >= 11 is 0. The van der Waals surface area contributed by atoms with Gasteiger partial charge >= 0.3 is 6.18 Å². The van der Waals surface area contributed by atoms with Gasteiger partial charge in [-0.25, -0.2) is 0 Å². The van der Waals surface area contributed by atoms with Gasteiger partial charge in [-0.1, -0.05) is 12.2 Å². The second-order valence-electron chi connectivity index (χ2n) is 10.7. The van der Waals surface area contributed by atoms with E-state index in [9.17, 15) is 18.0 Å². The molecule has 2 aliphatic heterocycles. The predicted octanol–water partition coefficient (Wildman–Crippen LogP) is 4.15. The van der Waals surface area contributed by atoms with Gasteiger partial charge in [-0.05, 0) is 75.5 Å². The molecule has 2 fully saturated rings. The SMILES string of the molecule is COc1cc2c(cc1N1CCOCC1)CC(CC1=CC(NC3CCN(C)CC3)CC(C(F)(F)F)=C1)C2=O. The normalized spacial score (nSPS) is 25.6. The van der Waals surface area contributed by atoms with Crippen molar-refractivity contribution in [2.45, 2.75) is 50.4 Å². The fourth-order valence-corrected chi connectivity index (χ4v) is 6.05. The van der Waals surface area contributed by atoms with Crippen molar-refractivity contribution in [3.63, 3.8) is 0 Å². The first-order valence-corrected chi connectivity index (χ1v) is 13.2. The molecule has 0 saturated carbocycles. The Hall–Kier alpha value is -2.36. The summed E-state index contributed by atoms with van der Waals surface area (Å²) in [6.07, 6.45) is 1.40. The summed E-state index contributed by atoms with van der Waals surface area (Å²) in [6, 6.07) is 3.65. The first-order valence-electron chi connectivity index (χ1n) is 13.2. The molecule has 0 bridgehead atoms. The average Bonchev–Trinajstić information content (AvgIpc) is 3.18. The Labute approximate surface area is 216 Å². The molecular weight excluding hydrogens is 483 g/mol. The fraction of sp³-hybridized carbons (Fsp3) is 0.607. The minimum atomic E-state index is -4.38. The summed E-state index contributed by atoms with van der Waals surface area (Å²) in [5.74, 6) is 0.252. The maximum Gasteiger partial charge on any atom is 0.412 e. The molecule has 0 aromatic heterocycles. The van der Waals surface area contributed by atoms with Gasteiger partial charge < -0.3 is 24.6 Å². The van der Waals surface area contributed by atoms with E-state index in [1.165, 1.54) is 6.08 Å². The minimum absolute atomic E-state index is 0.0184. The molecule has 0 radical (unpaired) electrons. The van der Waals surface area contributed by atoms with Gasteiger partial charge in [0.2, 0.25) is 0 Å². The van der Waals surface area contributed by atoms with Crippen molar-refractivity contribution in [2.75, 3.05) is 58.5 Å². The summed E-state index contributed by atoms with van der Waals surface area (Å²) in [5.41, 5.74) is 2.58. The number of nitrogens with zero attached hydrogens (tertiary/aromatic N) is 2. The largest absolute Gasteiger partial charge is 0.495 e. The number of alkyl halides is 3. The highest BCUT2D eigenvalue weighted by Gasteiger charge is 2.38. The van der Waals surface area contributed by atoms with Crippen LogP contribution in [0.15, 0.2) is 35.4 Å². The highest BCUT2D eigenvalue weighted by Crippen LogP contribution is 2.41. The van der Waals surface area contributed by atoms with Crippen LogP contribution in [0.5, 0.6) is 5.75 Å². The topological polar surface area (TPSA) is 54.0 Å². The van der Waals surface area contributed by atoms with Crippen LogP contribution in [0.25, 0.3) is 0 Å². The Morgan fingerprint density at radius 1 is 1.11 bits per heavy atom. The van der Waals surface area contributed by atoms with Crippen LogP contribution < -0.4 is 15.0 Å². The molecule has 0 amide bonds. The van der Waals surface area contributed by atoms with Gasteiger partial charge in [-0.3, -0.25) is 4.79 Å². The molecule has 0 spiro atoms. The lowest BCUT2D eigenvalue weighted by molar-refractivity contribution is -0.0948. The van der Waals surface area contributed by atoms with E-state index in [4.69, 9.17) is 9.47 Å². The Bertz CT molecular complexity index is 1070. The number of fused-ring (bicyclic) bond motifs is 1. The van der Waals surface area contributed by atoms with Crippen LogP contribution in [-0.4, -0.2) is 82.5 Å². The van der Waals surface area contributed by atoms with Gasteiger partial charge in [-0.2, -0.15) is 13.2 Å². The number of ether oxygens (including phenoxy) is 2. The van der Waals surface area contributed by atoms with Gasteiger partial charge in [0, 0.05) is 42.2 Å². The third-order valence-corrected chi connectivity index (χ3v) is 8.09. The van der Waals surface area contributed by atoms with E-state index in [-0.39, 0.29) is 30.2 Å². The lowest BCUT2D eigenvalue weighted by Gasteiger charge is -2.33. The molecule has 1 aromatic rings. The number of likely N-dealkylation sites (tertiary alicyclic amines) is 1. The molecule has 6 nitrogen and oxygen atoms in total. The number of methoxy groups -OCH3 is 1. The molecule has 2 unspecified atom stereocenters. The lowest BCUT2D eigenvalue weighted by Crippen LogP contribution is -2.45. The number of piperidine rings is 1. The molecule has 5 rings (SSSR count). The molecular formula is C28H36F3N3O3. The van der Waals surface area contributed by atoms with Crippen LogP contribution in [0.1, 0.15) is 41.6 Å². The Kier molecular flexibility index (Phi) is 7.65. The summed E-state index contributed by atoms with van der Waals surface area (Å²) in [4.78, 5) is 17.8. The van der Waals surface area contributed by atoms with Crippen LogP contribution in [0.4, 0.5) is 18.9 Å². The average molecular weight is 520 g/mol. The maximum atomic E-state index is 13.8. The van der Waals surface area contributed by atoms with E-state index in [2.05, 4.69) is 22.2 Å². The number of morpholine rings is 1. The molecule has 2 saturated heterocycles. The number of carbonyl (C=O) groups excluding carboxylic acids is 1. The number of ketones is 1. The van der Waals surface area contributed by atoms with E-state index in [1.807, 2.05) is 12.1 Å². The zero-order valence-corrected chi connectivity index (χ0v) is 21.6. The van der Waals surface area contributed by atoms with Gasteiger partial charge in [0.05, 0.1) is 26.0 Å². The van der Waals surface area contributed by atoms with Gasteiger partial charge in [-0.15, -0.1) is 0 Å². The Morgan fingerprint density at radius 3 is 2.51 bits per heavy atom. The molecule has 2 atom stereocenters. The van der Waals surface area contributed by atoms with Crippen molar-refractivity contribution < 1.29 is 27.4 Å². The lowest BCUT2D eigenvalue weighted by atomic mass is 9.87. The maximum absolute atomic E-state index is 13.8. The number of hydrogen-bond acceptors (Lipinski definition) is 6. The smallest absolute Gasteiger partial charge is 0.412 e. The number of benzene rings is 1. The number of allylic oxidation sites excluding steroid dienone is 2. The molecule has 9 heteroatoms. The van der Waals surface area contributed by atoms with E-state index in [0.717, 1.165) is 50.3 Å². The van der Waals surface area contributed by atoms with Gasteiger partial charge in [0.15, 0.2) is 5.78 Å². The summed E-state index contributed by atoms with van der Waals surface area (Å²) in [7, 11) is 3.66. The number of halogens is 3. The quantitative estimate of drug-likeness (QED) is 0.610. The first kappa shape index (κ1) is 26.3. The van der Waals surface area contributed by atoms with E-state index in [0.29, 0.717) is 42.9 Å². The highest BCUT2D eigenvalue weighted by molar-refractivity contribution is 6.03. The zero-order valence-electron chi connectivity index (χ0n) is 21.6. The number of hydrogen-bond donors (Lipinski definition) is 1. The third kappa shape index (κ3) is 5.89. The monoisotopic (exact) mass is 519 g/mol. The fourth-order valence-electron chi connectivity index (χ4n) is 6.05. The Morgan fingerprint density at radius 2 is 1.84 bits per heavy atom. The van der Waals surface area contributed by atoms with Crippen molar-refractivity contribution in [2.24, 2.45) is 5.92 Å². The molecule has 37 heavy (non-hydrogen) atoms. The van der Waals surface area contributed by atoms with Crippen molar-refractivity contribution in [1.82, 2.24) is 10.2 Å². The van der Waals surface area contributed by atoms with E-state index in [1.54, 1.807) is 13.2 Å². The van der Waals surface area contributed by atoms with Crippen molar-refractivity contribution in [3.8, 4) is 5.75 Å². The number of rotatable bonds is 6. The number of anilines is 1. The number of nitrogens with one attached hydrogen (secondary N) is 1. The second-order valence-corrected chi connectivity index (χ2v) is 10.7. The van der Waals surface area contributed by atoms with Gasteiger partial charge in [0.25, 0.3) is 0 Å². The van der Waals surface area contributed by atoms with Crippen LogP contribution in [0, 0.1) is 5.92 Å². The highest BCUT2D eigenvalue weighted by atomic mass is 19.4. The van der Waals surface area contributed by atoms with Crippen molar-refractivity contribution >= 4 is 11.5 Å². The van der Waals surface area contributed by atoms with Crippen LogP contribution in [-0.2, 0) is 11.2 Å². The molecule has 1 aromatic carbocycles. The predicted molar refractivity (Wildman–Crippen MR) is 136 cm³/mol. The van der Waals surface area contributed by atoms with Crippen LogP contribution >= 0.6 is 0 Å². The molecule has 2 heterocycles. The molecule has 2 aliphatic carbocycles. The molecule has 202 valence electrons. The summed E-state index contributed by atoms with van der Waals surface area (Å²) in [5, 5.41) is 3.46. The minimum Gasteiger partial charge on any atom is -0.495 e. The van der Waals surface area contributed by atoms with Crippen LogP contribution in [0.3, 0.4) is 0 Å². The van der Waals surface area contributed by atoms with Gasteiger partial charge in [0.1, 0.15) is 5.75 Å². The molecule has 1 N–H and O–H groups in total. The first-order chi connectivity index (χ1) is 17.7. The standard InChI is InChI=1S/C28H36F3N3O3/c1-33-5-3-22(4-6-33)32-23-13-18(12-21(16-23)28(29,30)31)11-20-14-19-15-25(34-7-9-37-10-8-34)26(36-2)17-24(19)27(20)35/h12-13,15,17,20,22-23,32H,3-11,14,16H2,1-2H3. The van der Waals surface area contributed by atoms with E-state index >= 15 is 0 Å². The zero-order chi connectivity index (χ0) is 26.2. The Balaban J connectivity index is 1.34. The van der Waals surface area contributed by atoms with Crippen LogP contribution in [0.2, 0.25) is 0 Å². The van der Waals surface area contributed by atoms with Crippen molar-refractivity contribution in [3.05, 3.63) is 46.6 Å². The van der Waals surface area contributed by atoms with E-state index < -0.39 is 11.7 Å². The van der Waals surface area contributed by atoms with Crippen molar-refractivity contribution in [1.29, 1.82) is 0 Å². The number of Topliss-reactive ketones (excluding diaryl/α,β-unsaturated/α-hetero) is 1. The third-order valence-electron chi connectivity index (χ3n) is 8.09. The summed E-state index contributed by atoms with van der Waals surface area (Å²) < 4.78 is 52.5. The number of carbonyl (C=O) groups is 1. The summed E-state index contributed by atoms with van der Waals surface area (Å²) in [6.45, 7) is 4.64. The second kappa shape index (κ2) is 10.8. The molecule has 4 aliphatic rings.